The van der Waals surface area contributed by atoms with E-state index in [0.717, 1.165) is 12.8 Å². The van der Waals surface area contributed by atoms with Crippen LogP contribution in [0, 0.1) is 0 Å². The Morgan fingerprint density at radius 2 is 1.88 bits per heavy atom. The number of nitrogens with zero attached hydrogens (tertiary/aromatic N) is 1. The summed E-state index contributed by atoms with van der Waals surface area (Å²) in [6, 6.07) is 6.99. The van der Waals surface area contributed by atoms with Crippen LogP contribution in [0.3, 0.4) is 0 Å². The number of rotatable bonds is 3. The van der Waals surface area contributed by atoms with Crippen LogP contribution in [0.1, 0.15) is 42.5 Å². The van der Waals surface area contributed by atoms with E-state index in [2.05, 4.69) is 11.9 Å². The van der Waals surface area contributed by atoms with Gasteiger partial charge in [-0.15, -0.1) is 0 Å². The standard InChI is InChI=1S/C19H24N2O3/c1-2-17(22)20-16-8-6-15(7-9-16)18(23)21-12-13-24-19(14-21)10-4-3-5-11-19/h2,6-9H,1,3-5,10-14H2,(H,20,22). The van der Waals surface area contributed by atoms with Gasteiger partial charge in [0.05, 0.1) is 18.8 Å². The third kappa shape index (κ3) is 3.67. The Morgan fingerprint density at radius 3 is 2.54 bits per heavy atom. The van der Waals surface area contributed by atoms with E-state index in [4.69, 9.17) is 4.74 Å². The SMILES string of the molecule is C=CC(=O)Nc1ccc(C(=O)N2CCOC3(CCCCC3)C2)cc1. The molecule has 2 aliphatic rings. The van der Waals surface area contributed by atoms with Crippen LogP contribution in [0.2, 0.25) is 0 Å². The molecule has 128 valence electrons. The molecule has 2 amide bonds. The van der Waals surface area contributed by atoms with E-state index in [-0.39, 0.29) is 17.4 Å². The van der Waals surface area contributed by atoms with Crippen LogP contribution in [0.25, 0.3) is 0 Å². The normalized spacial score (nSPS) is 19.8. The molecule has 0 bridgehead atoms. The molecule has 1 aliphatic heterocycles. The second-order valence-electron chi connectivity index (χ2n) is 6.59. The third-order valence-corrected chi connectivity index (χ3v) is 4.89. The molecule has 24 heavy (non-hydrogen) atoms. The first kappa shape index (κ1) is 16.7. The second kappa shape index (κ2) is 7.18. The molecule has 0 radical (unpaired) electrons. The van der Waals surface area contributed by atoms with Crippen molar-refractivity contribution in [3.63, 3.8) is 0 Å². The summed E-state index contributed by atoms with van der Waals surface area (Å²) in [6.07, 6.45) is 6.93. The zero-order valence-corrected chi connectivity index (χ0v) is 13.9. The van der Waals surface area contributed by atoms with Crippen molar-refractivity contribution in [3.05, 3.63) is 42.5 Å². The summed E-state index contributed by atoms with van der Waals surface area (Å²) in [5.74, 6) is -0.230. The molecule has 1 heterocycles. The molecule has 5 nitrogen and oxygen atoms in total. The van der Waals surface area contributed by atoms with Gasteiger partial charge in [0, 0.05) is 17.8 Å². The van der Waals surface area contributed by atoms with Crippen LogP contribution in [-0.4, -0.2) is 42.0 Å². The van der Waals surface area contributed by atoms with E-state index in [1.165, 1.54) is 25.3 Å². The van der Waals surface area contributed by atoms with Gasteiger partial charge < -0.3 is 15.0 Å². The van der Waals surface area contributed by atoms with Gasteiger partial charge in [-0.1, -0.05) is 25.8 Å². The van der Waals surface area contributed by atoms with Gasteiger partial charge in [-0.2, -0.15) is 0 Å². The number of amides is 2. The van der Waals surface area contributed by atoms with Crippen molar-refractivity contribution >= 4 is 17.5 Å². The maximum Gasteiger partial charge on any atom is 0.254 e. The zero-order chi connectivity index (χ0) is 17.0. The number of hydrogen-bond acceptors (Lipinski definition) is 3. The monoisotopic (exact) mass is 328 g/mol. The van der Waals surface area contributed by atoms with Crippen LogP contribution < -0.4 is 5.32 Å². The fraction of sp³-hybridized carbons (Fsp3) is 0.474. The summed E-state index contributed by atoms with van der Waals surface area (Å²) in [7, 11) is 0. The van der Waals surface area contributed by atoms with E-state index >= 15 is 0 Å². The summed E-state index contributed by atoms with van der Waals surface area (Å²) in [5, 5.41) is 2.68. The molecule has 1 aliphatic carbocycles. The number of morpholine rings is 1. The molecule has 1 saturated heterocycles. The maximum absolute atomic E-state index is 12.8. The van der Waals surface area contributed by atoms with E-state index in [9.17, 15) is 9.59 Å². The Morgan fingerprint density at radius 1 is 1.17 bits per heavy atom. The maximum atomic E-state index is 12.8. The molecule has 1 spiro atoms. The van der Waals surface area contributed by atoms with Crippen molar-refractivity contribution in [1.82, 2.24) is 4.90 Å². The average molecular weight is 328 g/mol. The van der Waals surface area contributed by atoms with Gasteiger partial charge in [-0.25, -0.2) is 0 Å². The Labute approximate surface area is 142 Å². The van der Waals surface area contributed by atoms with E-state index < -0.39 is 0 Å². The van der Waals surface area contributed by atoms with Crippen LogP contribution >= 0.6 is 0 Å². The van der Waals surface area contributed by atoms with Crippen LogP contribution in [-0.2, 0) is 9.53 Å². The highest BCUT2D eigenvalue weighted by Crippen LogP contribution is 2.34. The Bertz CT molecular complexity index is 612. The molecule has 1 saturated carbocycles. The first-order valence-corrected chi connectivity index (χ1v) is 8.59. The molecule has 0 unspecified atom stereocenters. The lowest BCUT2D eigenvalue weighted by atomic mass is 9.83. The van der Waals surface area contributed by atoms with Gasteiger partial charge in [0.2, 0.25) is 5.91 Å². The smallest absolute Gasteiger partial charge is 0.254 e. The predicted octanol–water partition coefficient (Wildman–Crippen LogP) is 2.99. The van der Waals surface area contributed by atoms with Crippen molar-refractivity contribution < 1.29 is 14.3 Å². The summed E-state index contributed by atoms with van der Waals surface area (Å²) in [5.41, 5.74) is 1.16. The van der Waals surface area contributed by atoms with E-state index in [1.54, 1.807) is 24.3 Å². The summed E-state index contributed by atoms with van der Waals surface area (Å²) >= 11 is 0. The highest BCUT2D eigenvalue weighted by Gasteiger charge is 2.39. The van der Waals surface area contributed by atoms with Crippen molar-refractivity contribution in [2.45, 2.75) is 37.7 Å². The number of nitrogens with one attached hydrogen (secondary N) is 1. The summed E-state index contributed by atoms with van der Waals surface area (Å²) < 4.78 is 6.05. The fourth-order valence-electron chi connectivity index (χ4n) is 3.59. The van der Waals surface area contributed by atoms with Gasteiger partial charge in [-0.05, 0) is 43.2 Å². The lowest BCUT2D eigenvalue weighted by Gasteiger charge is -2.45. The number of ether oxygens (including phenoxy) is 1. The average Bonchev–Trinajstić information content (AvgIpc) is 2.62. The quantitative estimate of drug-likeness (QED) is 0.868. The Hall–Kier alpha value is -2.14. The minimum atomic E-state index is -0.263. The largest absolute Gasteiger partial charge is 0.371 e. The topological polar surface area (TPSA) is 58.6 Å². The number of hydrogen-bond donors (Lipinski definition) is 1. The second-order valence-corrected chi connectivity index (χ2v) is 6.59. The van der Waals surface area contributed by atoms with E-state index in [1.807, 2.05) is 4.90 Å². The Kier molecular flexibility index (Phi) is 5.00. The molecule has 1 N–H and O–H groups in total. The van der Waals surface area contributed by atoms with Crippen LogP contribution in [0.5, 0.6) is 0 Å². The molecule has 1 aromatic rings. The van der Waals surface area contributed by atoms with Crippen LogP contribution in [0.4, 0.5) is 5.69 Å². The van der Waals surface area contributed by atoms with Gasteiger partial charge in [0.1, 0.15) is 0 Å². The molecule has 5 heteroatoms. The molecule has 0 atom stereocenters. The first-order chi connectivity index (χ1) is 11.6. The molecular formula is C19H24N2O3. The molecule has 0 aromatic heterocycles. The third-order valence-electron chi connectivity index (χ3n) is 4.89. The fourth-order valence-corrected chi connectivity index (χ4v) is 3.59. The lowest BCUT2D eigenvalue weighted by Crippen LogP contribution is -2.54. The van der Waals surface area contributed by atoms with Crippen LogP contribution in [0.15, 0.2) is 36.9 Å². The number of carbonyl (C=O) groups is 2. The van der Waals surface area contributed by atoms with Gasteiger partial charge in [-0.3, -0.25) is 9.59 Å². The summed E-state index contributed by atoms with van der Waals surface area (Å²) in [4.78, 5) is 26.0. The highest BCUT2D eigenvalue weighted by atomic mass is 16.5. The zero-order valence-electron chi connectivity index (χ0n) is 13.9. The van der Waals surface area contributed by atoms with E-state index in [0.29, 0.717) is 30.9 Å². The minimum absolute atomic E-state index is 0.0323. The lowest BCUT2D eigenvalue weighted by molar-refractivity contribution is -0.117. The van der Waals surface area contributed by atoms with Crippen molar-refractivity contribution in [2.24, 2.45) is 0 Å². The van der Waals surface area contributed by atoms with Gasteiger partial charge in [0.25, 0.3) is 5.91 Å². The highest BCUT2D eigenvalue weighted by molar-refractivity contribution is 5.99. The number of benzene rings is 1. The summed E-state index contributed by atoms with van der Waals surface area (Å²) in [6.45, 7) is 5.35. The van der Waals surface area contributed by atoms with Gasteiger partial charge >= 0.3 is 0 Å². The first-order valence-electron chi connectivity index (χ1n) is 8.59. The minimum Gasteiger partial charge on any atom is -0.371 e. The van der Waals surface area contributed by atoms with Crippen molar-refractivity contribution in [2.75, 3.05) is 25.0 Å². The van der Waals surface area contributed by atoms with Crippen molar-refractivity contribution in [1.29, 1.82) is 0 Å². The van der Waals surface area contributed by atoms with Gasteiger partial charge in [0.15, 0.2) is 0 Å². The molecule has 1 aromatic carbocycles. The molecule has 3 rings (SSSR count). The molecule has 2 fully saturated rings. The van der Waals surface area contributed by atoms with Crippen molar-refractivity contribution in [3.8, 4) is 0 Å². The predicted molar refractivity (Wildman–Crippen MR) is 92.9 cm³/mol. The number of anilines is 1. The molecular weight excluding hydrogens is 304 g/mol. The Balaban J connectivity index is 1.67. The number of carbonyl (C=O) groups excluding carboxylic acids is 2.